The third-order valence-electron chi connectivity index (χ3n) is 3.91. The largest absolute Gasteiger partial charge is 0.334 e. The van der Waals surface area contributed by atoms with Crippen LogP contribution in [0.1, 0.15) is 41.4 Å². The fraction of sp³-hybridized carbons (Fsp3) is 0.353. The lowest BCUT2D eigenvalue weighted by molar-refractivity contribution is 0.0739. The Kier molecular flexibility index (Phi) is 4.71. The summed E-state index contributed by atoms with van der Waals surface area (Å²) in [4.78, 5) is 19.3. The molecule has 0 aliphatic carbocycles. The number of aryl methyl sites for hydroxylation is 1. The molecule has 0 aromatic carbocycles. The predicted molar refractivity (Wildman–Crippen MR) is 91.7 cm³/mol. The van der Waals surface area contributed by atoms with Crippen LogP contribution in [-0.4, -0.2) is 31.9 Å². The first kappa shape index (κ1) is 15.7. The van der Waals surface area contributed by atoms with Crippen LogP contribution in [0.5, 0.6) is 0 Å². The van der Waals surface area contributed by atoms with Gasteiger partial charge < -0.3 is 4.90 Å². The van der Waals surface area contributed by atoms with Crippen molar-refractivity contribution in [1.82, 2.24) is 19.5 Å². The van der Waals surface area contributed by atoms with Gasteiger partial charge >= 0.3 is 0 Å². The van der Waals surface area contributed by atoms with E-state index in [1.165, 1.54) is 5.56 Å². The minimum atomic E-state index is 0.0204. The zero-order valence-corrected chi connectivity index (χ0v) is 14.2. The molecule has 5 nitrogen and oxygen atoms in total. The van der Waals surface area contributed by atoms with Gasteiger partial charge in [0, 0.05) is 25.4 Å². The minimum absolute atomic E-state index is 0.0204. The smallest absolute Gasteiger partial charge is 0.257 e. The van der Waals surface area contributed by atoms with Crippen LogP contribution in [-0.2, 0) is 6.54 Å². The van der Waals surface area contributed by atoms with Gasteiger partial charge in [-0.3, -0.25) is 4.79 Å². The van der Waals surface area contributed by atoms with Crippen LogP contribution in [0.25, 0.3) is 5.65 Å². The molecular formula is C17H20N4OS. The number of unbranched alkanes of at least 4 members (excludes halogenated alkanes) is 1. The van der Waals surface area contributed by atoms with Gasteiger partial charge in [-0.2, -0.15) is 16.4 Å². The van der Waals surface area contributed by atoms with Crippen molar-refractivity contribution in [2.45, 2.75) is 33.2 Å². The Morgan fingerprint density at radius 1 is 1.39 bits per heavy atom. The normalized spacial score (nSPS) is 11.0. The zero-order chi connectivity index (χ0) is 16.2. The zero-order valence-electron chi connectivity index (χ0n) is 13.4. The highest BCUT2D eigenvalue weighted by Crippen LogP contribution is 2.16. The Bertz CT molecular complexity index is 794. The van der Waals surface area contributed by atoms with Crippen molar-refractivity contribution in [3.05, 3.63) is 52.1 Å². The third kappa shape index (κ3) is 3.27. The standard InChI is InChI=1S/C17H20N4OS/c1-3-4-8-20(11-14-6-9-23-12-14)17(22)15-10-18-16-5-7-19-21(16)13(15)2/h5-7,9-10,12H,3-4,8,11H2,1-2H3. The van der Waals surface area contributed by atoms with E-state index in [-0.39, 0.29) is 5.91 Å². The maximum atomic E-state index is 13.0. The van der Waals surface area contributed by atoms with Gasteiger partial charge in [-0.25, -0.2) is 9.50 Å². The molecule has 0 atom stereocenters. The molecule has 0 aliphatic heterocycles. The van der Waals surface area contributed by atoms with Crippen LogP contribution >= 0.6 is 11.3 Å². The van der Waals surface area contributed by atoms with Gasteiger partial charge in [0.1, 0.15) is 0 Å². The first-order chi connectivity index (χ1) is 11.2. The molecule has 0 radical (unpaired) electrons. The fourth-order valence-electron chi connectivity index (χ4n) is 2.58. The van der Waals surface area contributed by atoms with Crippen LogP contribution < -0.4 is 0 Å². The summed E-state index contributed by atoms with van der Waals surface area (Å²) in [5.74, 6) is 0.0204. The molecule has 120 valence electrons. The summed E-state index contributed by atoms with van der Waals surface area (Å²) in [6.45, 7) is 5.44. The molecule has 6 heteroatoms. The van der Waals surface area contributed by atoms with Gasteiger partial charge in [0.2, 0.25) is 0 Å². The van der Waals surface area contributed by atoms with Gasteiger partial charge in [0.05, 0.1) is 17.5 Å². The number of rotatable bonds is 6. The SMILES string of the molecule is CCCCN(Cc1ccsc1)C(=O)c1cnc2ccnn2c1C. The highest BCUT2D eigenvalue weighted by atomic mass is 32.1. The fourth-order valence-corrected chi connectivity index (χ4v) is 3.24. The molecular weight excluding hydrogens is 308 g/mol. The van der Waals surface area contributed by atoms with Crippen LogP contribution in [0.2, 0.25) is 0 Å². The predicted octanol–water partition coefficient (Wildman–Crippen LogP) is 3.54. The number of nitrogens with zero attached hydrogens (tertiary/aromatic N) is 4. The molecule has 0 bridgehead atoms. The molecule has 3 rings (SSSR count). The number of fused-ring (bicyclic) bond motifs is 1. The number of aromatic nitrogens is 3. The van der Waals surface area contributed by atoms with Crippen molar-refractivity contribution in [3.63, 3.8) is 0 Å². The van der Waals surface area contributed by atoms with E-state index in [4.69, 9.17) is 0 Å². The first-order valence-corrected chi connectivity index (χ1v) is 8.74. The average Bonchev–Trinajstić information content (AvgIpc) is 3.22. The van der Waals surface area contributed by atoms with Gasteiger partial charge in [0.15, 0.2) is 5.65 Å². The number of thiophene rings is 1. The quantitative estimate of drug-likeness (QED) is 0.695. The Morgan fingerprint density at radius 2 is 2.26 bits per heavy atom. The summed E-state index contributed by atoms with van der Waals surface area (Å²) in [6.07, 6.45) is 5.42. The highest BCUT2D eigenvalue weighted by molar-refractivity contribution is 7.07. The van der Waals surface area contributed by atoms with E-state index in [9.17, 15) is 4.79 Å². The minimum Gasteiger partial charge on any atom is -0.334 e. The number of amides is 1. The van der Waals surface area contributed by atoms with Crippen LogP contribution in [0.4, 0.5) is 0 Å². The van der Waals surface area contributed by atoms with E-state index in [1.807, 2.05) is 23.3 Å². The van der Waals surface area contributed by atoms with Crippen LogP contribution in [0.3, 0.4) is 0 Å². The molecule has 1 amide bonds. The van der Waals surface area contributed by atoms with Crippen molar-refractivity contribution in [2.75, 3.05) is 6.54 Å². The van der Waals surface area contributed by atoms with E-state index < -0.39 is 0 Å². The number of carbonyl (C=O) groups is 1. The lowest BCUT2D eigenvalue weighted by Crippen LogP contribution is -2.32. The number of carbonyl (C=O) groups excluding carboxylic acids is 1. The summed E-state index contributed by atoms with van der Waals surface area (Å²) < 4.78 is 1.72. The third-order valence-corrected chi connectivity index (χ3v) is 4.64. The van der Waals surface area contributed by atoms with E-state index in [1.54, 1.807) is 28.2 Å². The topological polar surface area (TPSA) is 50.5 Å². The van der Waals surface area contributed by atoms with E-state index >= 15 is 0 Å². The summed E-state index contributed by atoms with van der Waals surface area (Å²) in [5, 5.41) is 8.38. The number of hydrogen-bond donors (Lipinski definition) is 0. The Labute approximate surface area is 139 Å². The molecule has 23 heavy (non-hydrogen) atoms. The van der Waals surface area contributed by atoms with Crippen molar-refractivity contribution in [3.8, 4) is 0 Å². The van der Waals surface area contributed by atoms with Gasteiger partial charge in [-0.1, -0.05) is 13.3 Å². The van der Waals surface area contributed by atoms with Crippen LogP contribution in [0, 0.1) is 6.92 Å². The van der Waals surface area contributed by atoms with E-state index in [0.717, 1.165) is 30.7 Å². The molecule has 3 heterocycles. The summed E-state index contributed by atoms with van der Waals surface area (Å²) in [5.41, 5.74) is 3.38. The molecule has 0 unspecified atom stereocenters. The van der Waals surface area contributed by atoms with Crippen LogP contribution in [0.15, 0.2) is 35.3 Å². The van der Waals surface area contributed by atoms with Gasteiger partial charge in [-0.05, 0) is 35.7 Å². The Hall–Kier alpha value is -2.21. The van der Waals surface area contributed by atoms with Crippen molar-refractivity contribution in [2.24, 2.45) is 0 Å². The highest BCUT2D eigenvalue weighted by Gasteiger charge is 2.20. The molecule has 3 aromatic heterocycles. The van der Waals surface area contributed by atoms with E-state index in [2.05, 4.69) is 28.5 Å². The van der Waals surface area contributed by atoms with Crippen molar-refractivity contribution >= 4 is 22.9 Å². The second-order valence-electron chi connectivity index (χ2n) is 5.57. The second kappa shape index (κ2) is 6.91. The number of hydrogen-bond acceptors (Lipinski definition) is 4. The molecule has 0 fully saturated rings. The lowest BCUT2D eigenvalue weighted by Gasteiger charge is -2.23. The Balaban J connectivity index is 1.90. The maximum Gasteiger partial charge on any atom is 0.257 e. The molecule has 0 N–H and O–H groups in total. The molecule has 0 spiro atoms. The average molecular weight is 328 g/mol. The van der Waals surface area contributed by atoms with Gasteiger partial charge in [0.25, 0.3) is 5.91 Å². The Morgan fingerprint density at radius 3 is 3.00 bits per heavy atom. The molecule has 0 saturated carbocycles. The van der Waals surface area contributed by atoms with E-state index in [0.29, 0.717) is 12.1 Å². The monoisotopic (exact) mass is 328 g/mol. The lowest BCUT2D eigenvalue weighted by atomic mass is 10.2. The molecule has 0 saturated heterocycles. The molecule has 3 aromatic rings. The van der Waals surface area contributed by atoms with Gasteiger partial charge in [-0.15, -0.1) is 0 Å². The summed E-state index contributed by atoms with van der Waals surface area (Å²) >= 11 is 1.65. The first-order valence-electron chi connectivity index (χ1n) is 7.80. The van der Waals surface area contributed by atoms with Crippen molar-refractivity contribution in [1.29, 1.82) is 0 Å². The maximum absolute atomic E-state index is 13.0. The second-order valence-corrected chi connectivity index (χ2v) is 6.35. The summed E-state index contributed by atoms with van der Waals surface area (Å²) in [7, 11) is 0. The van der Waals surface area contributed by atoms with Crippen molar-refractivity contribution < 1.29 is 4.79 Å². The summed E-state index contributed by atoms with van der Waals surface area (Å²) in [6, 6.07) is 3.90. The molecule has 0 aliphatic rings.